The van der Waals surface area contributed by atoms with E-state index in [2.05, 4.69) is 14.8 Å². The number of carbonyl (C=O) groups is 2. The molecule has 0 saturated carbocycles. The lowest BCUT2D eigenvalue weighted by atomic mass is 9.97. The van der Waals surface area contributed by atoms with Crippen LogP contribution in [0.3, 0.4) is 0 Å². The topological polar surface area (TPSA) is 105 Å². The highest BCUT2D eigenvalue weighted by atomic mass is 16.5. The molecule has 120 valence electrons. The summed E-state index contributed by atoms with van der Waals surface area (Å²) in [5.41, 5.74) is 9.54. The van der Waals surface area contributed by atoms with Crippen molar-refractivity contribution in [2.24, 2.45) is 11.0 Å². The van der Waals surface area contributed by atoms with E-state index in [0.29, 0.717) is 13.0 Å². The molecule has 0 aromatic heterocycles. The highest BCUT2D eigenvalue weighted by Gasteiger charge is 2.52. The molecule has 2 heterocycles. The van der Waals surface area contributed by atoms with Gasteiger partial charge in [0.2, 0.25) is 5.91 Å². The van der Waals surface area contributed by atoms with Crippen molar-refractivity contribution in [3.05, 3.63) is 46.3 Å². The minimum Gasteiger partial charge on any atom is -0.469 e. The second kappa shape index (κ2) is 6.28. The molecule has 2 aliphatic rings. The number of esters is 1. The smallest absolute Gasteiger partial charge is 0.315 e. The maximum absolute atomic E-state index is 12.8. The van der Waals surface area contributed by atoms with Gasteiger partial charge in [-0.05, 0) is 12.0 Å². The molecule has 2 fully saturated rings. The number of ether oxygens (including phenoxy) is 2. The van der Waals surface area contributed by atoms with Crippen LogP contribution in [-0.2, 0) is 19.1 Å². The van der Waals surface area contributed by atoms with Gasteiger partial charge in [0.25, 0.3) is 0 Å². The number of amides is 1. The average molecular weight is 316 g/mol. The second-order valence-electron chi connectivity index (χ2n) is 5.51. The van der Waals surface area contributed by atoms with Crippen molar-refractivity contribution in [2.75, 3.05) is 13.7 Å². The van der Waals surface area contributed by atoms with Crippen molar-refractivity contribution in [1.29, 1.82) is 0 Å². The van der Waals surface area contributed by atoms with Crippen LogP contribution in [0.4, 0.5) is 0 Å². The van der Waals surface area contributed by atoms with Crippen molar-refractivity contribution in [1.82, 2.24) is 4.90 Å². The van der Waals surface area contributed by atoms with Crippen LogP contribution in [0.15, 0.2) is 35.4 Å². The summed E-state index contributed by atoms with van der Waals surface area (Å²) in [6.45, 7) is 0.395. The van der Waals surface area contributed by atoms with Crippen LogP contribution in [0.1, 0.15) is 18.2 Å². The molecule has 1 aromatic carbocycles. The monoisotopic (exact) mass is 316 g/mol. The maximum Gasteiger partial charge on any atom is 0.315 e. The Labute approximate surface area is 132 Å². The fraction of sp³-hybridized carbons (Fsp3) is 0.467. The van der Waals surface area contributed by atoms with Gasteiger partial charge >= 0.3 is 5.97 Å². The molecule has 0 radical (unpaired) electrons. The SMILES string of the molecule is COC(=O)C(N=[N+]=[N-])[C@H]1C[C@H]2CO[C@H](c3ccccc3)N2C1=O. The van der Waals surface area contributed by atoms with Crippen LogP contribution in [0.25, 0.3) is 10.4 Å². The lowest BCUT2D eigenvalue weighted by Crippen LogP contribution is -2.37. The number of azide groups is 1. The van der Waals surface area contributed by atoms with Gasteiger partial charge in [-0.3, -0.25) is 9.59 Å². The minimum absolute atomic E-state index is 0.126. The minimum atomic E-state index is -1.14. The summed E-state index contributed by atoms with van der Waals surface area (Å²) in [7, 11) is 1.21. The van der Waals surface area contributed by atoms with E-state index in [0.717, 1.165) is 5.56 Å². The molecule has 3 rings (SSSR count). The quantitative estimate of drug-likeness (QED) is 0.365. The average Bonchev–Trinajstić information content (AvgIpc) is 3.13. The Morgan fingerprint density at radius 3 is 2.87 bits per heavy atom. The van der Waals surface area contributed by atoms with Crippen molar-refractivity contribution in [3.63, 3.8) is 0 Å². The number of carbonyl (C=O) groups excluding carboxylic acids is 2. The van der Waals surface area contributed by atoms with Crippen molar-refractivity contribution in [3.8, 4) is 0 Å². The lowest BCUT2D eigenvalue weighted by molar-refractivity contribution is -0.148. The molecule has 2 saturated heterocycles. The Hall–Kier alpha value is -2.57. The predicted octanol–water partition coefficient (Wildman–Crippen LogP) is 1.78. The Morgan fingerprint density at radius 2 is 2.22 bits per heavy atom. The summed E-state index contributed by atoms with van der Waals surface area (Å²) in [4.78, 5) is 28.9. The fourth-order valence-electron chi connectivity index (χ4n) is 3.22. The molecule has 8 heteroatoms. The number of benzene rings is 1. The van der Waals surface area contributed by atoms with Gasteiger partial charge in [-0.15, -0.1) is 0 Å². The van der Waals surface area contributed by atoms with E-state index in [1.165, 1.54) is 7.11 Å². The van der Waals surface area contributed by atoms with E-state index in [1.807, 2.05) is 30.3 Å². The summed E-state index contributed by atoms with van der Waals surface area (Å²) in [6.07, 6.45) is -0.0657. The van der Waals surface area contributed by atoms with Crippen LogP contribution in [0.2, 0.25) is 0 Å². The molecule has 1 aromatic rings. The van der Waals surface area contributed by atoms with E-state index in [4.69, 9.17) is 10.3 Å². The van der Waals surface area contributed by atoms with Crippen molar-refractivity contribution >= 4 is 11.9 Å². The molecule has 8 nitrogen and oxygen atoms in total. The first-order chi connectivity index (χ1) is 11.2. The number of hydrogen-bond donors (Lipinski definition) is 0. The molecule has 0 spiro atoms. The first kappa shape index (κ1) is 15.3. The summed E-state index contributed by atoms with van der Waals surface area (Å²) >= 11 is 0. The van der Waals surface area contributed by atoms with Crippen LogP contribution < -0.4 is 0 Å². The summed E-state index contributed by atoms with van der Waals surface area (Å²) in [5.74, 6) is -1.65. The van der Waals surface area contributed by atoms with Gasteiger partial charge in [0.15, 0.2) is 6.23 Å². The number of nitrogens with zero attached hydrogens (tertiary/aromatic N) is 4. The van der Waals surface area contributed by atoms with Gasteiger partial charge in [0.1, 0.15) is 6.04 Å². The van der Waals surface area contributed by atoms with Crippen LogP contribution in [0, 0.1) is 5.92 Å². The van der Waals surface area contributed by atoms with E-state index >= 15 is 0 Å². The highest BCUT2D eigenvalue weighted by Crippen LogP contribution is 2.41. The number of methoxy groups -OCH3 is 1. The largest absolute Gasteiger partial charge is 0.469 e. The molecule has 23 heavy (non-hydrogen) atoms. The fourth-order valence-corrected chi connectivity index (χ4v) is 3.22. The van der Waals surface area contributed by atoms with Crippen LogP contribution >= 0.6 is 0 Å². The second-order valence-corrected chi connectivity index (χ2v) is 5.51. The van der Waals surface area contributed by atoms with Crippen molar-refractivity contribution in [2.45, 2.75) is 24.7 Å². The molecule has 0 aliphatic carbocycles. The van der Waals surface area contributed by atoms with Gasteiger partial charge in [-0.2, -0.15) is 0 Å². The third kappa shape index (κ3) is 2.62. The van der Waals surface area contributed by atoms with Crippen LogP contribution in [-0.4, -0.2) is 42.6 Å². The van der Waals surface area contributed by atoms with Gasteiger partial charge in [0.05, 0.1) is 25.7 Å². The Morgan fingerprint density at radius 1 is 1.48 bits per heavy atom. The summed E-state index contributed by atoms with van der Waals surface area (Å²) < 4.78 is 10.4. The zero-order valence-electron chi connectivity index (χ0n) is 12.5. The van der Waals surface area contributed by atoms with E-state index in [9.17, 15) is 9.59 Å². The molecular formula is C15H16N4O4. The number of hydrogen-bond acceptors (Lipinski definition) is 5. The third-order valence-electron chi connectivity index (χ3n) is 4.27. The molecule has 0 N–H and O–H groups in total. The van der Waals surface area contributed by atoms with Crippen LogP contribution in [0.5, 0.6) is 0 Å². The summed E-state index contributed by atoms with van der Waals surface area (Å²) in [5, 5.41) is 3.47. The first-order valence-corrected chi connectivity index (χ1v) is 7.28. The van der Waals surface area contributed by atoms with Gasteiger partial charge in [-0.1, -0.05) is 35.4 Å². The molecule has 1 unspecified atom stereocenters. The lowest BCUT2D eigenvalue weighted by Gasteiger charge is -2.24. The zero-order chi connectivity index (χ0) is 16.4. The zero-order valence-corrected chi connectivity index (χ0v) is 12.5. The Kier molecular flexibility index (Phi) is 4.18. The normalized spacial score (nSPS) is 27.3. The van der Waals surface area contributed by atoms with E-state index < -0.39 is 24.2 Å². The molecule has 0 bridgehead atoms. The first-order valence-electron chi connectivity index (χ1n) is 7.28. The third-order valence-corrected chi connectivity index (χ3v) is 4.27. The molecule has 1 amide bonds. The molecular weight excluding hydrogens is 300 g/mol. The van der Waals surface area contributed by atoms with Gasteiger partial charge < -0.3 is 14.4 Å². The van der Waals surface area contributed by atoms with Gasteiger partial charge in [-0.25, -0.2) is 0 Å². The van der Waals surface area contributed by atoms with Gasteiger partial charge in [0, 0.05) is 10.5 Å². The number of rotatable bonds is 4. The summed E-state index contributed by atoms with van der Waals surface area (Å²) in [6, 6.07) is 8.15. The highest BCUT2D eigenvalue weighted by molar-refractivity contribution is 5.89. The molecule has 2 aliphatic heterocycles. The van der Waals surface area contributed by atoms with E-state index in [1.54, 1.807) is 4.90 Å². The Balaban J connectivity index is 1.86. The van der Waals surface area contributed by atoms with Crippen molar-refractivity contribution < 1.29 is 19.1 Å². The maximum atomic E-state index is 12.8. The van der Waals surface area contributed by atoms with E-state index in [-0.39, 0.29) is 11.9 Å². The Bertz CT molecular complexity index is 659. The molecule has 4 atom stereocenters. The standard InChI is InChI=1S/C15H16N4O4/c1-22-15(21)12(17-18-16)11-7-10-8-23-14(19(10)13(11)20)9-5-3-2-4-6-9/h2-6,10-12,14H,7-8H2,1H3/t10-,11+,12?,14+/m0/s1. The number of fused-ring (bicyclic) bond motifs is 1. The predicted molar refractivity (Wildman–Crippen MR) is 78.8 cm³/mol.